The van der Waals surface area contributed by atoms with Crippen LogP contribution in [0.2, 0.25) is 0 Å². The molecule has 0 saturated carbocycles. The minimum atomic E-state index is 0.373. The van der Waals surface area contributed by atoms with Gasteiger partial charge in [-0.05, 0) is 37.8 Å². The van der Waals surface area contributed by atoms with Crippen LogP contribution < -0.4 is 11.1 Å². The molecule has 2 rings (SSSR count). The molecule has 2 aromatic rings. The van der Waals surface area contributed by atoms with Crippen molar-refractivity contribution in [1.82, 2.24) is 15.0 Å². The van der Waals surface area contributed by atoms with E-state index in [1.807, 2.05) is 6.07 Å². The maximum absolute atomic E-state index is 5.66. The fraction of sp³-hybridized carbons (Fsp3) is 0.500. The SMILES string of the molecule is CC(C)CCC(C)Nc1ncnc2nc(N)ccc12. The van der Waals surface area contributed by atoms with Crippen LogP contribution in [0.4, 0.5) is 11.6 Å². The molecular weight excluding hydrogens is 238 g/mol. The van der Waals surface area contributed by atoms with Crippen molar-refractivity contribution in [2.24, 2.45) is 5.92 Å². The van der Waals surface area contributed by atoms with Crippen molar-refractivity contribution in [3.8, 4) is 0 Å². The molecule has 0 aromatic carbocycles. The third-order valence-corrected chi connectivity index (χ3v) is 3.08. The maximum Gasteiger partial charge on any atom is 0.166 e. The zero-order chi connectivity index (χ0) is 13.8. The Morgan fingerprint density at radius 1 is 1.16 bits per heavy atom. The first-order chi connectivity index (χ1) is 9.06. The predicted molar refractivity (Wildman–Crippen MR) is 78.9 cm³/mol. The van der Waals surface area contributed by atoms with Crippen LogP contribution in [0.3, 0.4) is 0 Å². The van der Waals surface area contributed by atoms with Crippen molar-refractivity contribution in [2.45, 2.75) is 39.7 Å². The molecule has 0 aliphatic carbocycles. The molecule has 2 heterocycles. The van der Waals surface area contributed by atoms with Crippen LogP contribution in [0.5, 0.6) is 0 Å². The minimum Gasteiger partial charge on any atom is -0.384 e. The van der Waals surface area contributed by atoms with Gasteiger partial charge in [0.1, 0.15) is 18.0 Å². The Morgan fingerprint density at radius 2 is 1.95 bits per heavy atom. The molecule has 2 aromatic heterocycles. The molecular formula is C14H21N5. The van der Waals surface area contributed by atoms with E-state index in [4.69, 9.17) is 5.73 Å². The lowest BCUT2D eigenvalue weighted by molar-refractivity contribution is 0.527. The highest BCUT2D eigenvalue weighted by atomic mass is 15.1. The summed E-state index contributed by atoms with van der Waals surface area (Å²) in [5.41, 5.74) is 6.30. The van der Waals surface area contributed by atoms with Crippen LogP contribution in [-0.2, 0) is 0 Å². The smallest absolute Gasteiger partial charge is 0.166 e. The average Bonchev–Trinajstić information content (AvgIpc) is 2.36. The van der Waals surface area contributed by atoms with E-state index in [1.165, 1.54) is 12.7 Å². The van der Waals surface area contributed by atoms with E-state index in [1.54, 1.807) is 6.07 Å². The van der Waals surface area contributed by atoms with Crippen LogP contribution in [0.25, 0.3) is 11.0 Å². The van der Waals surface area contributed by atoms with Gasteiger partial charge >= 0.3 is 0 Å². The van der Waals surface area contributed by atoms with Gasteiger partial charge in [-0.1, -0.05) is 13.8 Å². The zero-order valence-corrected chi connectivity index (χ0v) is 11.7. The number of nitrogens with zero attached hydrogens (tertiary/aromatic N) is 3. The van der Waals surface area contributed by atoms with E-state index in [0.29, 0.717) is 23.4 Å². The first-order valence-corrected chi connectivity index (χ1v) is 6.70. The molecule has 19 heavy (non-hydrogen) atoms. The number of rotatable bonds is 5. The van der Waals surface area contributed by atoms with E-state index >= 15 is 0 Å². The summed E-state index contributed by atoms with van der Waals surface area (Å²) in [5, 5.41) is 4.34. The van der Waals surface area contributed by atoms with Crippen molar-refractivity contribution in [1.29, 1.82) is 0 Å². The minimum absolute atomic E-state index is 0.373. The monoisotopic (exact) mass is 259 g/mol. The Morgan fingerprint density at radius 3 is 2.68 bits per heavy atom. The lowest BCUT2D eigenvalue weighted by Crippen LogP contribution is -2.17. The van der Waals surface area contributed by atoms with Crippen molar-refractivity contribution in [3.05, 3.63) is 18.5 Å². The van der Waals surface area contributed by atoms with Gasteiger partial charge in [0.15, 0.2) is 5.65 Å². The topological polar surface area (TPSA) is 76.7 Å². The molecule has 5 nitrogen and oxygen atoms in total. The Hall–Kier alpha value is -1.91. The molecule has 0 radical (unpaired) electrons. The lowest BCUT2D eigenvalue weighted by atomic mass is 10.0. The molecule has 1 atom stereocenters. The van der Waals surface area contributed by atoms with Gasteiger partial charge in [0.05, 0.1) is 5.39 Å². The van der Waals surface area contributed by atoms with E-state index in [0.717, 1.165) is 17.6 Å². The van der Waals surface area contributed by atoms with Crippen LogP contribution in [0, 0.1) is 5.92 Å². The van der Waals surface area contributed by atoms with Crippen molar-refractivity contribution in [3.63, 3.8) is 0 Å². The molecule has 0 spiro atoms. The van der Waals surface area contributed by atoms with Gasteiger partial charge in [0.2, 0.25) is 0 Å². The second-order valence-electron chi connectivity index (χ2n) is 5.35. The van der Waals surface area contributed by atoms with Crippen LogP contribution >= 0.6 is 0 Å². The van der Waals surface area contributed by atoms with E-state index < -0.39 is 0 Å². The summed E-state index contributed by atoms with van der Waals surface area (Å²) in [6, 6.07) is 4.06. The molecule has 0 saturated heterocycles. The van der Waals surface area contributed by atoms with Crippen molar-refractivity contribution in [2.75, 3.05) is 11.1 Å². The highest BCUT2D eigenvalue weighted by Gasteiger charge is 2.09. The molecule has 3 N–H and O–H groups in total. The van der Waals surface area contributed by atoms with Crippen LogP contribution in [-0.4, -0.2) is 21.0 Å². The lowest BCUT2D eigenvalue weighted by Gasteiger charge is -2.16. The summed E-state index contributed by atoms with van der Waals surface area (Å²) >= 11 is 0. The summed E-state index contributed by atoms with van der Waals surface area (Å²) in [6.45, 7) is 6.64. The summed E-state index contributed by atoms with van der Waals surface area (Å²) in [6.07, 6.45) is 3.83. The number of hydrogen-bond donors (Lipinski definition) is 2. The number of nitrogen functional groups attached to an aromatic ring is 1. The van der Waals surface area contributed by atoms with Gasteiger partial charge in [-0.15, -0.1) is 0 Å². The normalized spacial score (nSPS) is 12.8. The molecule has 0 bridgehead atoms. The third kappa shape index (κ3) is 3.53. The Labute approximate surface area is 113 Å². The standard InChI is InChI=1S/C14H21N5/c1-9(2)4-5-10(3)18-13-11-6-7-12(15)19-14(11)17-8-16-13/h6-10H,4-5H2,1-3H3,(H3,15,16,17,18,19). The van der Waals surface area contributed by atoms with Crippen molar-refractivity contribution < 1.29 is 0 Å². The Kier molecular flexibility index (Phi) is 4.14. The third-order valence-electron chi connectivity index (χ3n) is 3.08. The first-order valence-electron chi connectivity index (χ1n) is 6.70. The highest BCUT2D eigenvalue weighted by Crippen LogP contribution is 2.20. The zero-order valence-electron chi connectivity index (χ0n) is 11.7. The Bertz CT molecular complexity index is 553. The second kappa shape index (κ2) is 5.82. The second-order valence-corrected chi connectivity index (χ2v) is 5.35. The fourth-order valence-corrected chi connectivity index (χ4v) is 1.96. The number of hydrogen-bond acceptors (Lipinski definition) is 5. The Balaban J connectivity index is 2.16. The molecule has 0 aliphatic rings. The van der Waals surface area contributed by atoms with Gasteiger partial charge < -0.3 is 11.1 Å². The predicted octanol–water partition coefficient (Wildman–Crippen LogP) is 2.84. The average molecular weight is 259 g/mol. The summed E-state index contributed by atoms with van der Waals surface area (Å²) < 4.78 is 0. The quantitative estimate of drug-likeness (QED) is 0.863. The van der Waals surface area contributed by atoms with Gasteiger partial charge in [0.25, 0.3) is 0 Å². The first kappa shape index (κ1) is 13.5. The molecule has 102 valence electrons. The number of anilines is 2. The van der Waals surface area contributed by atoms with E-state index in [2.05, 4.69) is 41.0 Å². The van der Waals surface area contributed by atoms with Gasteiger partial charge in [-0.25, -0.2) is 15.0 Å². The molecule has 1 unspecified atom stereocenters. The number of nitrogens with two attached hydrogens (primary N) is 1. The molecule has 0 amide bonds. The maximum atomic E-state index is 5.66. The van der Waals surface area contributed by atoms with Gasteiger partial charge in [0, 0.05) is 6.04 Å². The summed E-state index contributed by atoms with van der Waals surface area (Å²) in [7, 11) is 0. The van der Waals surface area contributed by atoms with Crippen molar-refractivity contribution >= 4 is 22.7 Å². The number of fused-ring (bicyclic) bond motifs is 1. The number of nitrogens with one attached hydrogen (secondary N) is 1. The van der Waals surface area contributed by atoms with Crippen LogP contribution in [0.1, 0.15) is 33.6 Å². The largest absolute Gasteiger partial charge is 0.384 e. The molecule has 0 fully saturated rings. The fourth-order valence-electron chi connectivity index (χ4n) is 1.96. The van der Waals surface area contributed by atoms with Gasteiger partial charge in [-0.2, -0.15) is 0 Å². The molecule has 0 aliphatic heterocycles. The van der Waals surface area contributed by atoms with E-state index in [9.17, 15) is 0 Å². The van der Waals surface area contributed by atoms with Gasteiger partial charge in [-0.3, -0.25) is 0 Å². The number of aromatic nitrogens is 3. The number of pyridine rings is 1. The van der Waals surface area contributed by atoms with E-state index in [-0.39, 0.29) is 0 Å². The van der Waals surface area contributed by atoms with Crippen LogP contribution in [0.15, 0.2) is 18.5 Å². The molecule has 5 heteroatoms. The summed E-state index contributed by atoms with van der Waals surface area (Å²) in [5.74, 6) is 2.02. The summed E-state index contributed by atoms with van der Waals surface area (Å²) in [4.78, 5) is 12.6. The highest BCUT2D eigenvalue weighted by molar-refractivity contribution is 5.87.